The van der Waals surface area contributed by atoms with Gasteiger partial charge in [0.15, 0.2) is 0 Å². The van der Waals surface area contributed by atoms with Crippen LogP contribution in [0.2, 0.25) is 0 Å². The van der Waals surface area contributed by atoms with Crippen LogP contribution in [0, 0.1) is 0 Å². The molecule has 5 nitrogen and oxygen atoms in total. The van der Waals surface area contributed by atoms with Crippen molar-refractivity contribution in [3.8, 4) is 0 Å². The minimum atomic E-state index is -0.0821. The van der Waals surface area contributed by atoms with Gasteiger partial charge in [-0.05, 0) is 43.9 Å². The summed E-state index contributed by atoms with van der Waals surface area (Å²) < 4.78 is 5.42. The van der Waals surface area contributed by atoms with Crippen LogP contribution in [-0.4, -0.2) is 51.2 Å². The van der Waals surface area contributed by atoms with Gasteiger partial charge >= 0.3 is 0 Å². The Kier molecular flexibility index (Phi) is 5.68. The zero-order valence-electron chi connectivity index (χ0n) is 14.9. The van der Waals surface area contributed by atoms with Gasteiger partial charge in [0.2, 0.25) is 0 Å². The van der Waals surface area contributed by atoms with Crippen LogP contribution >= 0.6 is 0 Å². The van der Waals surface area contributed by atoms with Crippen molar-refractivity contribution in [1.29, 1.82) is 0 Å². The molecule has 0 bridgehead atoms. The predicted molar refractivity (Wildman–Crippen MR) is 101 cm³/mol. The fourth-order valence-corrected chi connectivity index (χ4v) is 3.03. The molecule has 2 aromatic carbocycles. The molecule has 132 valence electrons. The number of ether oxygens (including phenoxy) is 1. The second-order valence-corrected chi connectivity index (χ2v) is 6.51. The van der Waals surface area contributed by atoms with E-state index in [0.29, 0.717) is 5.56 Å². The van der Waals surface area contributed by atoms with Crippen LogP contribution in [0.1, 0.15) is 15.9 Å². The Hall–Kier alpha value is -2.37. The van der Waals surface area contributed by atoms with Gasteiger partial charge in [-0.3, -0.25) is 4.79 Å². The third kappa shape index (κ3) is 4.59. The van der Waals surface area contributed by atoms with Crippen LogP contribution in [0.4, 0.5) is 11.4 Å². The van der Waals surface area contributed by atoms with E-state index in [2.05, 4.69) is 15.1 Å². The van der Waals surface area contributed by atoms with Crippen LogP contribution in [0.5, 0.6) is 0 Å². The summed E-state index contributed by atoms with van der Waals surface area (Å²) in [6.07, 6.45) is 0. The van der Waals surface area contributed by atoms with Gasteiger partial charge in [-0.2, -0.15) is 0 Å². The average molecular weight is 339 g/mol. The fraction of sp³-hybridized carbons (Fsp3) is 0.350. The van der Waals surface area contributed by atoms with E-state index >= 15 is 0 Å². The molecular weight excluding hydrogens is 314 g/mol. The molecule has 1 aliphatic heterocycles. The Morgan fingerprint density at radius 2 is 1.88 bits per heavy atom. The molecule has 0 aliphatic carbocycles. The molecule has 3 rings (SSSR count). The molecular formula is C20H25N3O2. The molecule has 0 unspecified atom stereocenters. The third-order valence-corrected chi connectivity index (χ3v) is 4.19. The van der Waals surface area contributed by atoms with Crippen molar-refractivity contribution < 1.29 is 9.53 Å². The number of hydrogen-bond donors (Lipinski definition) is 1. The minimum absolute atomic E-state index is 0.0821. The van der Waals surface area contributed by atoms with E-state index in [4.69, 9.17) is 4.74 Å². The quantitative estimate of drug-likeness (QED) is 0.910. The van der Waals surface area contributed by atoms with Crippen molar-refractivity contribution in [2.24, 2.45) is 0 Å². The fourth-order valence-electron chi connectivity index (χ4n) is 3.03. The van der Waals surface area contributed by atoms with Crippen LogP contribution in [0.25, 0.3) is 0 Å². The lowest BCUT2D eigenvalue weighted by Crippen LogP contribution is -2.36. The number of morpholine rings is 1. The summed E-state index contributed by atoms with van der Waals surface area (Å²) in [7, 11) is 4.04. The zero-order valence-corrected chi connectivity index (χ0v) is 14.9. The number of carbonyl (C=O) groups is 1. The number of anilines is 2. The van der Waals surface area contributed by atoms with Gasteiger partial charge in [0.05, 0.1) is 24.6 Å². The minimum Gasteiger partial charge on any atom is -0.378 e. The molecule has 1 aliphatic rings. The van der Waals surface area contributed by atoms with Crippen molar-refractivity contribution >= 4 is 17.3 Å². The number of nitrogens with one attached hydrogen (secondary N) is 1. The summed E-state index contributed by atoms with van der Waals surface area (Å²) in [4.78, 5) is 17.1. The second kappa shape index (κ2) is 8.14. The molecule has 2 aromatic rings. The second-order valence-electron chi connectivity index (χ2n) is 6.51. The molecule has 1 heterocycles. The monoisotopic (exact) mass is 339 g/mol. The van der Waals surface area contributed by atoms with Gasteiger partial charge < -0.3 is 19.9 Å². The first-order valence-electron chi connectivity index (χ1n) is 8.60. The Morgan fingerprint density at radius 3 is 2.64 bits per heavy atom. The largest absolute Gasteiger partial charge is 0.378 e. The molecule has 0 radical (unpaired) electrons. The average Bonchev–Trinajstić information content (AvgIpc) is 2.62. The zero-order chi connectivity index (χ0) is 17.6. The lowest BCUT2D eigenvalue weighted by molar-refractivity contribution is 0.102. The van der Waals surface area contributed by atoms with E-state index in [1.165, 1.54) is 0 Å². The van der Waals surface area contributed by atoms with Gasteiger partial charge in [0.25, 0.3) is 5.91 Å². The molecule has 0 aromatic heterocycles. The van der Waals surface area contributed by atoms with E-state index in [-0.39, 0.29) is 5.91 Å². The summed E-state index contributed by atoms with van der Waals surface area (Å²) in [5.41, 5.74) is 3.69. The van der Waals surface area contributed by atoms with E-state index in [0.717, 1.165) is 49.8 Å². The highest BCUT2D eigenvalue weighted by atomic mass is 16.5. The summed E-state index contributed by atoms with van der Waals surface area (Å²) >= 11 is 0. The summed E-state index contributed by atoms with van der Waals surface area (Å²) in [6.45, 7) is 3.92. The number of carbonyl (C=O) groups excluding carboxylic acids is 1. The maximum atomic E-state index is 12.7. The molecule has 25 heavy (non-hydrogen) atoms. The van der Waals surface area contributed by atoms with Gasteiger partial charge in [0, 0.05) is 25.2 Å². The van der Waals surface area contributed by atoms with Gasteiger partial charge in [-0.15, -0.1) is 0 Å². The first-order chi connectivity index (χ1) is 12.1. The lowest BCUT2D eigenvalue weighted by Gasteiger charge is -2.30. The first kappa shape index (κ1) is 17.5. The number of benzene rings is 2. The molecule has 5 heteroatoms. The number of nitrogens with zero attached hydrogens (tertiary/aromatic N) is 2. The Balaban J connectivity index is 1.77. The molecule has 1 N–H and O–H groups in total. The van der Waals surface area contributed by atoms with Crippen molar-refractivity contribution in [3.63, 3.8) is 0 Å². The van der Waals surface area contributed by atoms with Crippen molar-refractivity contribution in [2.45, 2.75) is 6.54 Å². The van der Waals surface area contributed by atoms with Gasteiger partial charge in [0.1, 0.15) is 0 Å². The molecule has 0 saturated carbocycles. The SMILES string of the molecule is CN(C)Cc1cccc(C(=O)Nc2ccccc2N2CCOCC2)c1. The van der Waals surface area contributed by atoms with E-state index < -0.39 is 0 Å². The molecule has 1 fully saturated rings. The highest BCUT2D eigenvalue weighted by Crippen LogP contribution is 2.27. The number of hydrogen-bond acceptors (Lipinski definition) is 4. The van der Waals surface area contributed by atoms with Crippen LogP contribution in [0.15, 0.2) is 48.5 Å². The van der Waals surface area contributed by atoms with E-state index in [9.17, 15) is 4.79 Å². The van der Waals surface area contributed by atoms with Crippen LogP contribution < -0.4 is 10.2 Å². The van der Waals surface area contributed by atoms with E-state index in [1.807, 2.05) is 62.6 Å². The molecule has 1 saturated heterocycles. The van der Waals surface area contributed by atoms with E-state index in [1.54, 1.807) is 0 Å². The molecule has 0 spiro atoms. The van der Waals surface area contributed by atoms with Crippen LogP contribution in [0.3, 0.4) is 0 Å². The topological polar surface area (TPSA) is 44.8 Å². The highest BCUT2D eigenvalue weighted by molar-refractivity contribution is 6.06. The summed E-state index contributed by atoms with van der Waals surface area (Å²) in [6, 6.07) is 15.7. The summed E-state index contributed by atoms with van der Waals surface area (Å²) in [5, 5.41) is 3.07. The Morgan fingerprint density at radius 1 is 1.12 bits per heavy atom. The van der Waals surface area contributed by atoms with Crippen molar-refractivity contribution in [3.05, 3.63) is 59.7 Å². The van der Waals surface area contributed by atoms with Gasteiger partial charge in [-0.1, -0.05) is 24.3 Å². The lowest BCUT2D eigenvalue weighted by atomic mass is 10.1. The first-order valence-corrected chi connectivity index (χ1v) is 8.60. The molecule has 1 amide bonds. The normalized spacial score (nSPS) is 14.6. The Labute approximate surface area is 149 Å². The smallest absolute Gasteiger partial charge is 0.255 e. The maximum absolute atomic E-state index is 12.7. The summed E-state index contributed by atoms with van der Waals surface area (Å²) in [5.74, 6) is -0.0821. The van der Waals surface area contributed by atoms with Crippen molar-refractivity contribution in [1.82, 2.24) is 4.90 Å². The van der Waals surface area contributed by atoms with Crippen LogP contribution in [-0.2, 0) is 11.3 Å². The Bertz CT molecular complexity index is 724. The number of rotatable bonds is 5. The third-order valence-electron chi connectivity index (χ3n) is 4.19. The highest BCUT2D eigenvalue weighted by Gasteiger charge is 2.16. The standard InChI is InChI=1S/C20H25N3O2/c1-22(2)15-16-6-5-7-17(14-16)20(24)21-18-8-3-4-9-19(18)23-10-12-25-13-11-23/h3-9,14H,10-13,15H2,1-2H3,(H,21,24). The maximum Gasteiger partial charge on any atom is 0.255 e. The van der Waals surface area contributed by atoms with Gasteiger partial charge in [-0.25, -0.2) is 0 Å². The molecule has 0 atom stereocenters. The number of amides is 1. The number of para-hydroxylation sites is 2. The predicted octanol–water partition coefficient (Wildman–Crippen LogP) is 2.84. The van der Waals surface area contributed by atoms with Crippen molar-refractivity contribution in [2.75, 3.05) is 50.6 Å².